The number of carbonyl (C=O) groups excluding carboxylic acids is 2. The van der Waals surface area contributed by atoms with Crippen LogP contribution in [0.2, 0.25) is 5.02 Å². The Morgan fingerprint density at radius 1 is 1.41 bits per heavy atom. The summed E-state index contributed by atoms with van der Waals surface area (Å²) in [6.07, 6.45) is 0.874. The van der Waals surface area contributed by atoms with Crippen molar-refractivity contribution >= 4 is 23.4 Å². The second-order valence-corrected chi connectivity index (χ2v) is 6.24. The third-order valence-electron chi connectivity index (χ3n) is 4.82. The number of rotatable bonds is 1. The fourth-order valence-corrected chi connectivity index (χ4v) is 4.10. The Morgan fingerprint density at radius 2 is 2.23 bits per heavy atom. The number of benzene rings is 1. The van der Waals surface area contributed by atoms with Crippen molar-refractivity contribution in [3.05, 3.63) is 34.6 Å². The van der Waals surface area contributed by atoms with Crippen LogP contribution in [0.15, 0.2) is 18.2 Å². The number of halogens is 2. The standard InChI is InChI=1S/C15H14ClFN2O3/c16-11-7-9(17)1-2-10(11)14(21)18-4-3-15-12(18)8-13(20)19(15)5-6-22-15/h1-2,7,12H,3-6,8H2/t12-,15+/m1/s1. The topological polar surface area (TPSA) is 49.9 Å². The first kappa shape index (κ1) is 14.0. The Bertz CT molecular complexity index is 683. The summed E-state index contributed by atoms with van der Waals surface area (Å²) < 4.78 is 19.0. The fraction of sp³-hybridized carbons (Fsp3) is 0.467. The van der Waals surface area contributed by atoms with Gasteiger partial charge in [0, 0.05) is 19.5 Å². The van der Waals surface area contributed by atoms with Crippen LogP contribution in [0, 0.1) is 5.82 Å². The van der Waals surface area contributed by atoms with Gasteiger partial charge in [0.2, 0.25) is 5.91 Å². The van der Waals surface area contributed by atoms with Crippen molar-refractivity contribution < 1.29 is 18.7 Å². The van der Waals surface area contributed by atoms with Crippen LogP contribution in [0.5, 0.6) is 0 Å². The second-order valence-electron chi connectivity index (χ2n) is 5.83. The van der Waals surface area contributed by atoms with Crippen LogP contribution in [0.4, 0.5) is 4.39 Å². The normalized spacial score (nSPS) is 29.9. The Labute approximate surface area is 131 Å². The number of hydrogen-bond donors (Lipinski definition) is 0. The molecule has 1 spiro atoms. The Kier molecular flexibility index (Phi) is 2.96. The molecule has 3 aliphatic rings. The maximum absolute atomic E-state index is 13.1. The van der Waals surface area contributed by atoms with Gasteiger partial charge in [-0.3, -0.25) is 9.59 Å². The molecule has 0 aromatic heterocycles. The summed E-state index contributed by atoms with van der Waals surface area (Å²) >= 11 is 5.99. The third kappa shape index (κ3) is 1.74. The quantitative estimate of drug-likeness (QED) is 0.789. The van der Waals surface area contributed by atoms with E-state index >= 15 is 0 Å². The Balaban J connectivity index is 1.67. The highest BCUT2D eigenvalue weighted by atomic mass is 35.5. The largest absolute Gasteiger partial charge is 0.351 e. The molecule has 0 unspecified atom stereocenters. The monoisotopic (exact) mass is 324 g/mol. The van der Waals surface area contributed by atoms with E-state index in [-0.39, 0.29) is 34.9 Å². The zero-order valence-electron chi connectivity index (χ0n) is 11.7. The number of ether oxygens (including phenoxy) is 1. The Hall–Kier alpha value is -1.66. The molecule has 0 radical (unpaired) electrons. The van der Waals surface area contributed by atoms with Crippen LogP contribution in [0.3, 0.4) is 0 Å². The third-order valence-corrected chi connectivity index (χ3v) is 5.14. The first-order chi connectivity index (χ1) is 10.5. The molecule has 2 atom stereocenters. The molecule has 0 bridgehead atoms. The van der Waals surface area contributed by atoms with Crippen molar-refractivity contribution in [2.75, 3.05) is 19.7 Å². The number of carbonyl (C=O) groups is 2. The van der Waals surface area contributed by atoms with Crippen LogP contribution < -0.4 is 0 Å². The average Bonchev–Trinajstić information content (AvgIpc) is 3.10. The van der Waals surface area contributed by atoms with Gasteiger partial charge >= 0.3 is 0 Å². The van der Waals surface area contributed by atoms with Crippen LogP contribution in [-0.2, 0) is 9.53 Å². The minimum Gasteiger partial charge on any atom is -0.351 e. The molecule has 0 N–H and O–H groups in total. The van der Waals surface area contributed by atoms with Gasteiger partial charge < -0.3 is 14.5 Å². The van der Waals surface area contributed by atoms with Crippen LogP contribution >= 0.6 is 11.6 Å². The van der Waals surface area contributed by atoms with Gasteiger partial charge in [0.25, 0.3) is 5.91 Å². The molecule has 2 amide bonds. The molecule has 1 aromatic carbocycles. The van der Waals surface area contributed by atoms with Gasteiger partial charge in [0.15, 0.2) is 5.72 Å². The number of likely N-dealkylation sites (tertiary alicyclic amines) is 1. The SMILES string of the molecule is O=C(c1ccc(F)cc1Cl)N1CC[C@@]23OCCN2C(=O)C[C@@H]13. The highest BCUT2D eigenvalue weighted by molar-refractivity contribution is 6.33. The zero-order chi connectivity index (χ0) is 15.5. The molecular formula is C15H14ClFN2O3. The molecule has 7 heteroatoms. The number of amides is 2. The van der Waals surface area contributed by atoms with Crippen molar-refractivity contribution in [3.63, 3.8) is 0 Å². The molecule has 3 fully saturated rings. The molecule has 0 aliphatic carbocycles. The van der Waals surface area contributed by atoms with E-state index in [4.69, 9.17) is 16.3 Å². The van der Waals surface area contributed by atoms with Crippen molar-refractivity contribution in [3.8, 4) is 0 Å². The summed E-state index contributed by atoms with van der Waals surface area (Å²) in [6, 6.07) is 3.42. The van der Waals surface area contributed by atoms with Gasteiger partial charge in [-0.2, -0.15) is 0 Å². The van der Waals surface area contributed by atoms with Crippen LogP contribution in [0.25, 0.3) is 0 Å². The van der Waals surface area contributed by atoms with Gasteiger partial charge in [-0.05, 0) is 18.2 Å². The average molecular weight is 325 g/mol. The molecule has 3 saturated heterocycles. The van der Waals surface area contributed by atoms with Gasteiger partial charge in [0.05, 0.1) is 29.7 Å². The molecule has 3 aliphatic heterocycles. The predicted molar refractivity (Wildman–Crippen MR) is 75.9 cm³/mol. The van der Waals surface area contributed by atoms with Crippen LogP contribution in [-0.4, -0.2) is 53.1 Å². The number of hydrogen-bond acceptors (Lipinski definition) is 3. The van der Waals surface area contributed by atoms with Crippen molar-refractivity contribution in [2.24, 2.45) is 0 Å². The van der Waals surface area contributed by atoms with E-state index in [1.807, 2.05) is 0 Å². The van der Waals surface area contributed by atoms with Crippen LogP contribution in [0.1, 0.15) is 23.2 Å². The lowest BCUT2D eigenvalue weighted by Crippen LogP contribution is -2.48. The van der Waals surface area contributed by atoms with Crippen molar-refractivity contribution in [1.29, 1.82) is 0 Å². The molecule has 3 heterocycles. The molecule has 22 heavy (non-hydrogen) atoms. The smallest absolute Gasteiger partial charge is 0.255 e. The van der Waals surface area contributed by atoms with Gasteiger partial charge in [-0.25, -0.2) is 4.39 Å². The summed E-state index contributed by atoms with van der Waals surface area (Å²) in [6.45, 7) is 1.58. The van der Waals surface area contributed by atoms with E-state index in [0.29, 0.717) is 26.1 Å². The Morgan fingerprint density at radius 3 is 3.00 bits per heavy atom. The molecule has 1 aromatic rings. The molecule has 5 nitrogen and oxygen atoms in total. The predicted octanol–water partition coefficient (Wildman–Crippen LogP) is 1.65. The summed E-state index contributed by atoms with van der Waals surface area (Å²) in [4.78, 5) is 28.2. The van der Waals surface area contributed by atoms with Gasteiger partial charge in [0.1, 0.15) is 5.82 Å². The minimum atomic E-state index is -0.667. The van der Waals surface area contributed by atoms with E-state index in [9.17, 15) is 14.0 Å². The van der Waals surface area contributed by atoms with E-state index in [1.165, 1.54) is 12.1 Å². The molecule has 4 rings (SSSR count). The van der Waals surface area contributed by atoms with E-state index < -0.39 is 11.5 Å². The van der Waals surface area contributed by atoms with Crippen molar-refractivity contribution in [2.45, 2.75) is 24.6 Å². The first-order valence-electron chi connectivity index (χ1n) is 7.23. The van der Waals surface area contributed by atoms with Gasteiger partial charge in [-0.1, -0.05) is 11.6 Å². The lowest BCUT2D eigenvalue weighted by atomic mass is 10.1. The lowest BCUT2D eigenvalue weighted by Gasteiger charge is -2.31. The fourth-order valence-electron chi connectivity index (χ4n) is 3.85. The lowest BCUT2D eigenvalue weighted by molar-refractivity contribution is -0.136. The zero-order valence-corrected chi connectivity index (χ0v) is 12.5. The minimum absolute atomic E-state index is 0.0187. The van der Waals surface area contributed by atoms with Crippen molar-refractivity contribution in [1.82, 2.24) is 9.80 Å². The first-order valence-corrected chi connectivity index (χ1v) is 7.61. The maximum Gasteiger partial charge on any atom is 0.255 e. The van der Waals surface area contributed by atoms with E-state index in [2.05, 4.69) is 0 Å². The molecule has 116 valence electrons. The summed E-state index contributed by atoms with van der Waals surface area (Å²) in [5.41, 5.74) is -0.414. The second kappa shape index (κ2) is 4.67. The number of nitrogens with zero attached hydrogens (tertiary/aromatic N) is 2. The maximum atomic E-state index is 13.1. The summed E-state index contributed by atoms with van der Waals surface area (Å²) in [5.74, 6) is -0.747. The van der Waals surface area contributed by atoms with E-state index in [1.54, 1.807) is 9.80 Å². The van der Waals surface area contributed by atoms with E-state index in [0.717, 1.165) is 6.07 Å². The summed E-state index contributed by atoms with van der Waals surface area (Å²) in [7, 11) is 0. The van der Waals surface area contributed by atoms with Gasteiger partial charge in [-0.15, -0.1) is 0 Å². The highest BCUT2D eigenvalue weighted by Crippen LogP contribution is 2.46. The summed E-state index contributed by atoms with van der Waals surface area (Å²) in [5, 5.41) is 0.0828. The molecular weight excluding hydrogens is 311 g/mol. The highest BCUT2D eigenvalue weighted by Gasteiger charge is 2.62. The molecule has 0 saturated carbocycles.